The maximum absolute atomic E-state index is 12.5. The predicted molar refractivity (Wildman–Crippen MR) is 140 cm³/mol. The lowest BCUT2D eigenvalue weighted by molar-refractivity contribution is -0.114. The number of fused-ring (bicyclic) bond motifs is 1. The highest BCUT2D eigenvalue weighted by Crippen LogP contribution is 2.32. The number of amides is 1. The third-order valence-corrected chi connectivity index (χ3v) is 7.67. The SMILES string of the molecule is COc1cc(/C=C2\C(=N)N3N=C(S(C)(=O)=O)SC3=NC2=O)ccc1OCCCOc1ccc(C)cc1. The highest BCUT2D eigenvalue weighted by atomic mass is 32.3. The number of carbonyl (C=O) groups is 1. The number of sulfone groups is 1. The van der Waals surface area contributed by atoms with Gasteiger partial charge in [-0.05, 0) is 54.6 Å². The van der Waals surface area contributed by atoms with Crippen LogP contribution in [0.3, 0.4) is 0 Å². The molecule has 1 amide bonds. The fourth-order valence-electron chi connectivity index (χ4n) is 3.25. The van der Waals surface area contributed by atoms with Gasteiger partial charge in [0.05, 0.1) is 25.9 Å². The summed E-state index contributed by atoms with van der Waals surface area (Å²) in [5, 5.41) is 13.4. The maximum atomic E-state index is 12.5. The average Bonchev–Trinajstić information content (AvgIpc) is 3.28. The molecule has 4 rings (SSSR count). The van der Waals surface area contributed by atoms with E-state index in [-0.39, 0.29) is 21.0 Å². The van der Waals surface area contributed by atoms with E-state index >= 15 is 0 Å². The minimum absolute atomic E-state index is 0.0261. The highest BCUT2D eigenvalue weighted by molar-refractivity contribution is 8.42. The normalized spacial score (nSPS) is 16.5. The topological polar surface area (TPSA) is 131 Å². The van der Waals surface area contributed by atoms with Gasteiger partial charge in [0.1, 0.15) is 5.75 Å². The van der Waals surface area contributed by atoms with Crippen LogP contribution in [-0.4, -0.2) is 61.3 Å². The largest absolute Gasteiger partial charge is 0.493 e. The summed E-state index contributed by atoms with van der Waals surface area (Å²) in [5.74, 6) is 0.872. The zero-order valence-corrected chi connectivity index (χ0v) is 21.5. The Hall–Kier alpha value is -3.64. The van der Waals surface area contributed by atoms with Crippen LogP contribution in [0.4, 0.5) is 0 Å². The van der Waals surface area contributed by atoms with Crippen molar-refractivity contribution in [1.29, 1.82) is 5.41 Å². The Morgan fingerprint density at radius 2 is 1.81 bits per heavy atom. The number of aliphatic imine (C=N–C) groups is 1. The van der Waals surface area contributed by atoms with Gasteiger partial charge < -0.3 is 14.2 Å². The van der Waals surface area contributed by atoms with E-state index in [9.17, 15) is 13.2 Å². The molecule has 2 aromatic carbocycles. The number of hydrazone groups is 1. The van der Waals surface area contributed by atoms with E-state index < -0.39 is 15.7 Å². The third-order valence-electron chi connectivity index (χ3n) is 5.09. The van der Waals surface area contributed by atoms with Crippen molar-refractivity contribution < 1.29 is 27.4 Å². The molecule has 12 heteroatoms. The number of carbonyl (C=O) groups excluding carboxylic acids is 1. The van der Waals surface area contributed by atoms with Crippen LogP contribution in [0.5, 0.6) is 17.2 Å². The van der Waals surface area contributed by atoms with Crippen molar-refractivity contribution in [2.75, 3.05) is 26.6 Å². The van der Waals surface area contributed by atoms with Crippen LogP contribution in [-0.2, 0) is 14.6 Å². The summed E-state index contributed by atoms with van der Waals surface area (Å²) in [7, 11) is -2.09. The van der Waals surface area contributed by atoms with E-state index in [4.69, 9.17) is 19.6 Å². The first-order valence-corrected chi connectivity index (χ1v) is 13.6. The lowest BCUT2D eigenvalue weighted by Gasteiger charge is -2.20. The molecule has 0 aromatic heterocycles. The van der Waals surface area contributed by atoms with Gasteiger partial charge in [0.2, 0.25) is 19.4 Å². The molecular formula is C24H24N4O6S2. The molecule has 0 fully saturated rings. The molecule has 0 aliphatic carbocycles. The standard InChI is InChI=1S/C24H24N4O6S2/c1-15-5-8-17(9-6-15)33-11-4-12-34-19-10-7-16(14-20(19)32-2)13-18-21(25)28-23(26-22(18)29)35-24(27-28)36(3,30)31/h5-10,13-14,25H,4,11-12H2,1-3H3/b18-13+,25-21?. The smallest absolute Gasteiger partial charge is 0.283 e. The number of amidine groups is 2. The number of rotatable bonds is 8. The number of thioether (sulfide) groups is 1. The van der Waals surface area contributed by atoms with E-state index in [1.807, 2.05) is 31.2 Å². The summed E-state index contributed by atoms with van der Waals surface area (Å²) < 4.78 is 40.3. The summed E-state index contributed by atoms with van der Waals surface area (Å²) in [6, 6.07) is 12.9. The Morgan fingerprint density at radius 1 is 1.08 bits per heavy atom. The van der Waals surface area contributed by atoms with Gasteiger partial charge in [-0.25, -0.2) is 8.42 Å². The molecule has 0 spiro atoms. The van der Waals surface area contributed by atoms with Gasteiger partial charge in [0.25, 0.3) is 5.91 Å². The van der Waals surface area contributed by atoms with Crippen molar-refractivity contribution in [1.82, 2.24) is 5.01 Å². The molecule has 2 heterocycles. The summed E-state index contributed by atoms with van der Waals surface area (Å²) >= 11 is 0.739. The van der Waals surface area contributed by atoms with Crippen LogP contribution in [0.15, 0.2) is 58.1 Å². The summed E-state index contributed by atoms with van der Waals surface area (Å²) in [6.45, 7) is 2.93. The Kier molecular flexibility index (Phi) is 7.45. The molecule has 2 aliphatic heterocycles. The van der Waals surface area contributed by atoms with Crippen LogP contribution < -0.4 is 14.2 Å². The third kappa shape index (κ3) is 5.77. The van der Waals surface area contributed by atoms with Gasteiger partial charge in [0, 0.05) is 12.7 Å². The second-order valence-corrected chi connectivity index (χ2v) is 11.1. The number of nitrogens with one attached hydrogen (secondary N) is 1. The number of ether oxygens (including phenoxy) is 3. The second kappa shape index (κ2) is 10.5. The number of benzene rings is 2. The van der Waals surface area contributed by atoms with Gasteiger partial charge in [-0.1, -0.05) is 23.8 Å². The first kappa shape index (κ1) is 25.5. The Bertz CT molecular complexity index is 1400. The fraction of sp³-hybridized carbons (Fsp3) is 0.250. The first-order valence-electron chi connectivity index (χ1n) is 10.9. The molecule has 2 aromatic rings. The first-order chi connectivity index (χ1) is 17.2. The maximum Gasteiger partial charge on any atom is 0.283 e. The van der Waals surface area contributed by atoms with E-state index in [2.05, 4.69) is 10.1 Å². The summed E-state index contributed by atoms with van der Waals surface area (Å²) in [4.78, 5) is 16.4. The lowest BCUT2D eigenvalue weighted by atomic mass is 10.1. The highest BCUT2D eigenvalue weighted by Gasteiger charge is 2.38. The van der Waals surface area contributed by atoms with Crippen molar-refractivity contribution in [3.63, 3.8) is 0 Å². The van der Waals surface area contributed by atoms with Gasteiger partial charge >= 0.3 is 0 Å². The van der Waals surface area contributed by atoms with E-state index in [0.29, 0.717) is 36.7 Å². The van der Waals surface area contributed by atoms with Crippen LogP contribution >= 0.6 is 11.8 Å². The molecule has 10 nitrogen and oxygen atoms in total. The molecule has 0 radical (unpaired) electrons. The van der Waals surface area contributed by atoms with Crippen molar-refractivity contribution >= 4 is 49.0 Å². The minimum Gasteiger partial charge on any atom is -0.493 e. The van der Waals surface area contributed by atoms with E-state index in [1.54, 1.807) is 18.2 Å². The van der Waals surface area contributed by atoms with Crippen LogP contribution in [0.2, 0.25) is 0 Å². The van der Waals surface area contributed by atoms with Crippen LogP contribution in [0, 0.1) is 12.3 Å². The number of methoxy groups -OCH3 is 1. The average molecular weight is 529 g/mol. The van der Waals surface area contributed by atoms with Crippen molar-refractivity contribution in [3.05, 3.63) is 59.2 Å². The Labute approximate surface area is 213 Å². The van der Waals surface area contributed by atoms with E-state index in [0.717, 1.165) is 28.8 Å². The van der Waals surface area contributed by atoms with Crippen molar-refractivity contribution in [2.24, 2.45) is 10.1 Å². The van der Waals surface area contributed by atoms with Crippen molar-refractivity contribution in [3.8, 4) is 17.2 Å². The zero-order valence-electron chi connectivity index (χ0n) is 19.8. The molecule has 0 unspecified atom stereocenters. The molecule has 0 saturated heterocycles. The lowest BCUT2D eigenvalue weighted by Crippen LogP contribution is -2.35. The van der Waals surface area contributed by atoms with E-state index in [1.165, 1.54) is 18.7 Å². The van der Waals surface area contributed by atoms with Gasteiger partial charge in [-0.15, -0.1) is 5.10 Å². The minimum atomic E-state index is -3.59. The molecule has 36 heavy (non-hydrogen) atoms. The number of aryl methyl sites for hydroxylation is 1. The fourth-order valence-corrected chi connectivity index (χ4v) is 4.93. The van der Waals surface area contributed by atoms with Gasteiger partial charge in [-0.3, -0.25) is 10.2 Å². The molecule has 188 valence electrons. The Balaban J connectivity index is 1.41. The quantitative estimate of drug-likeness (QED) is 0.407. The predicted octanol–water partition coefficient (Wildman–Crippen LogP) is 3.47. The monoisotopic (exact) mass is 528 g/mol. The van der Waals surface area contributed by atoms with Crippen LogP contribution in [0.25, 0.3) is 6.08 Å². The number of nitrogens with zero attached hydrogens (tertiary/aromatic N) is 3. The van der Waals surface area contributed by atoms with Crippen molar-refractivity contribution in [2.45, 2.75) is 13.3 Å². The number of hydrogen-bond donors (Lipinski definition) is 1. The molecule has 1 N–H and O–H groups in total. The zero-order chi connectivity index (χ0) is 25.9. The summed E-state index contributed by atoms with van der Waals surface area (Å²) in [5.41, 5.74) is 1.72. The second-order valence-electron chi connectivity index (χ2n) is 7.93. The summed E-state index contributed by atoms with van der Waals surface area (Å²) in [6.07, 6.45) is 3.15. The van der Waals surface area contributed by atoms with Gasteiger partial charge in [-0.2, -0.15) is 10.0 Å². The molecule has 0 bridgehead atoms. The Morgan fingerprint density at radius 3 is 2.50 bits per heavy atom. The molecule has 0 saturated carbocycles. The molecule has 0 atom stereocenters. The molecule has 2 aliphatic rings. The number of hydrogen-bond acceptors (Lipinski definition) is 9. The van der Waals surface area contributed by atoms with Crippen LogP contribution in [0.1, 0.15) is 17.5 Å². The molecular weight excluding hydrogens is 504 g/mol. The van der Waals surface area contributed by atoms with Gasteiger partial charge in [0.15, 0.2) is 17.3 Å².